The lowest BCUT2D eigenvalue weighted by Gasteiger charge is -2.12. The Kier molecular flexibility index (Phi) is 8.23. The number of amides is 1. The van der Waals surface area contributed by atoms with E-state index in [2.05, 4.69) is 5.32 Å². The summed E-state index contributed by atoms with van der Waals surface area (Å²) in [5, 5.41) is 2.82. The lowest BCUT2D eigenvalue weighted by molar-refractivity contribution is 0.0688. The van der Waals surface area contributed by atoms with E-state index < -0.39 is 0 Å². The fourth-order valence-electron chi connectivity index (χ4n) is 1.78. The van der Waals surface area contributed by atoms with Crippen molar-refractivity contribution in [1.82, 2.24) is 5.32 Å². The summed E-state index contributed by atoms with van der Waals surface area (Å²) >= 11 is 0. The number of benzene rings is 1. The van der Waals surface area contributed by atoms with Crippen molar-refractivity contribution in [3.8, 4) is 5.75 Å². The van der Waals surface area contributed by atoms with E-state index in [0.717, 1.165) is 6.42 Å². The van der Waals surface area contributed by atoms with Crippen LogP contribution in [0.5, 0.6) is 5.75 Å². The standard InChI is InChI=1S/C15H24N2O4/c1-3-21-13-7-4-6-12(16)14(13)15(18)17-8-5-9-20-11-10-19-2/h4,6-7H,3,5,8-11,16H2,1-2H3,(H,17,18). The molecule has 6 nitrogen and oxygen atoms in total. The van der Waals surface area contributed by atoms with Crippen molar-refractivity contribution in [2.24, 2.45) is 0 Å². The summed E-state index contributed by atoms with van der Waals surface area (Å²) in [6.07, 6.45) is 0.728. The second-order valence-corrected chi connectivity index (χ2v) is 4.37. The topological polar surface area (TPSA) is 82.8 Å². The Morgan fingerprint density at radius 2 is 2.10 bits per heavy atom. The first-order chi connectivity index (χ1) is 10.2. The van der Waals surface area contributed by atoms with Crippen molar-refractivity contribution in [2.45, 2.75) is 13.3 Å². The van der Waals surface area contributed by atoms with Gasteiger partial charge in [0.05, 0.1) is 19.8 Å². The van der Waals surface area contributed by atoms with E-state index in [1.807, 2.05) is 6.92 Å². The zero-order valence-electron chi connectivity index (χ0n) is 12.7. The van der Waals surface area contributed by atoms with Crippen molar-refractivity contribution in [3.63, 3.8) is 0 Å². The summed E-state index contributed by atoms with van der Waals surface area (Å²) in [5.41, 5.74) is 6.66. The quantitative estimate of drug-likeness (QED) is 0.504. The Bertz CT molecular complexity index is 438. The summed E-state index contributed by atoms with van der Waals surface area (Å²) in [7, 11) is 1.63. The van der Waals surface area contributed by atoms with Gasteiger partial charge in [-0.3, -0.25) is 4.79 Å². The molecule has 1 aromatic rings. The number of methoxy groups -OCH3 is 1. The van der Waals surface area contributed by atoms with Gasteiger partial charge in [0.15, 0.2) is 0 Å². The molecule has 21 heavy (non-hydrogen) atoms. The minimum absolute atomic E-state index is 0.228. The van der Waals surface area contributed by atoms with Gasteiger partial charge >= 0.3 is 0 Å². The van der Waals surface area contributed by atoms with Crippen LogP contribution < -0.4 is 15.8 Å². The highest BCUT2D eigenvalue weighted by Gasteiger charge is 2.15. The molecule has 0 aliphatic carbocycles. The number of nitrogen functional groups attached to an aromatic ring is 1. The first-order valence-electron chi connectivity index (χ1n) is 7.06. The van der Waals surface area contributed by atoms with Crippen LogP contribution in [-0.2, 0) is 9.47 Å². The molecular formula is C15H24N2O4. The van der Waals surface area contributed by atoms with Crippen molar-refractivity contribution < 1.29 is 19.0 Å². The van der Waals surface area contributed by atoms with Gasteiger partial charge in [0.2, 0.25) is 0 Å². The van der Waals surface area contributed by atoms with Gasteiger partial charge in [-0.1, -0.05) is 6.07 Å². The SMILES string of the molecule is CCOc1cccc(N)c1C(=O)NCCCOCCOC. The van der Waals surface area contributed by atoms with Gasteiger partial charge in [-0.05, 0) is 25.5 Å². The number of carbonyl (C=O) groups excluding carboxylic acids is 1. The van der Waals surface area contributed by atoms with Gasteiger partial charge in [-0.2, -0.15) is 0 Å². The normalized spacial score (nSPS) is 10.4. The molecule has 1 aromatic carbocycles. The van der Waals surface area contributed by atoms with Gasteiger partial charge in [0.25, 0.3) is 5.91 Å². The Morgan fingerprint density at radius 3 is 2.81 bits per heavy atom. The van der Waals surface area contributed by atoms with Crippen LogP contribution in [0.25, 0.3) is 0 Å². The second-order valence-electron chi connectivity index (χ2n) is 4.37. The number of anilines is 1. The number of carbonyl (C=O) groups is 1. The predicted molar refractivity (Wildman–Crippen MR) is 81.7 cm³/mol. The fraction of sp³-hybridized carbons (Fsp3) is 0.533. The molecule has 0 aliphatic heterocycles. The molecule has 0 heterocycles. The minimum Gasteiger partial charge on any atom is -0.493 e. The number of ether oxygens (including phenoxy) is 3. The molecule has 0 saturated carbocycles. The third-order valence-electron chi connectivity index (χ3n) is 2.77. The maximum atomic E-state index is 12.2. The van der Waals surface area contributed by atoms with Gasteiger partial charge in [-0.15, -0.1) is 0 Å². The van der Waals surface area contributed by atoms with Crippen LogP contribution in [0.4, 0.5) is 5.69 Å². The van der Waals surface area contributed by atoms with E-state index in [1.54, 1.807) is 25.3 Å². The molecule has 6 heteroatoms. The molecule has 0 bridgehead atoms. The van der Waals surface area contributed by atoms with Gasteiger partial charge in [0, 0.05) is 25.9 Å². The summed E-state index contributed by atoms with van der Waals surface area (Å²) in [4.78, 5) is 12.2. The second kappa shape index (κ2) is 10.0. The zero-order chi connectivity index (χ0) is 15.5. The molecule has 0 aromatic heterocycles. The number of nitrogens with two attached hydrogens (primary N) is 1. The molecule has 1 amide bonds. The van der Waals surface area contributed by atoms with Crippen molar-refractivity contribution in [3.05, 3.63) is 23.8 Å². The summed E-state index contributed by atoms with van der Waals surface area (Å²) < 4.78 is 15.6. The molecule has 0 aliphatic rings. The van der Waals surface area contributed by atoms with Gasteiger partial charge in [0.1, 0.15) is 11.3 Å². The molecule has 0 radical (unpaired) electrons. The molecular weight excluding hydrogens is 272 g/mol. The van der Waals surface area contributed by atoms with Crippen LogP contribution in [0.2, 0.25) is 0 Å². The maximum absolute atomic E-state index is 12.2. The molecule has 0 fully saturated rings. The number of hydrogen-bond donors (Lipinski definition) is 2. The number of rotatable bonds is 10. The van der Waals surface area contributed by atoms with E-state index in [4.69, 9.17) is 19.9 Å². The average Bonchev–Trinajstić information content (AvgIpc) is 2.46. The number of hydrogen-bond acceptors (Lipinski definition) is 5. The summed E-state index contributed by atoms with van der Waals surface area (Å²) in [6.45, 7) is 4.58. The molecule has 118 valence electrons. The van der Waals surface area contributed by atoms with Crippen LogP contribution in [0.1, 0.15) is 23.7 Å². The highest BCUT2D eigenvalue weighted by Crippen LogP contribution is 2.24. The fourth-order valence-corrected chi connectivity index (χ4v) is 1.78. The first-order valence-corrected chi connectivity index (χ1v) is 7.06. The highest BCUT2D eigenvalue weighted by molar-refractivity contribution is 6.01. The largest absolute Gasteiger partial charge is 0.493 e. The van der Waals surface area contributed by atoms with Crippen LogP contribution in [0.15, 0.2) is 18.2 Å². The molecule has 0 unspecified atom stereocenters. The lowest BCUT2D eigenvalue weighted by atomic mass is 10.1. The van der Waals surface area contributed by atoms with Gasteiger partial charge < -0.3 is 25.3 Å². The average molecular weight is 296 g/mol. The van der Waals surface area contributed by atoms with Crippen molar-refractivity contribution >= 4 is 11.6 Å². The lowest BCUT2D eigenvalue weighted by Crippen LogP contribution is -2.26. The third kappa shape index (κ3) is 6.01. The Balaban J connectivity index is 2.41. The van der Waals surface area contributed by atoms with Crippen LogP contribution >= 0.6 is 0 Å². The van der Waals surface area contributed by atoms with E-state index in [-0.39, 0.29) is 5.91 Å². The smallest absolute Gasteiger partial charge is 0.257 e. The Hall–Kier alpha value is -1.79. The zero-order valence-corrected chi connectivity index (χ0v) is 12.7. The van der Waals surface area contributed by atoms with E-state index >= 15 is 0 Å². The van der Waals surface area contributed by atoms with Crippen molar-refractivity contribution in [1.29, 1.82) is 0 Å². The predicted octanol–water partition coefficient (Wildman–Crippen LogP) is 1.45. The van der Waals surface area contributed by atoms with E-state index in [0.29, 0.717) is 50.0 Å². The van der Waals surface area contributed by atoms with E-state index in [1.165, 1.54) is 0 Å². The van der Waals surface area contributed by atoms with Gasteiger partial charge in [-0.25, -0.2) is 0 Å². The summed E-state index contributed by atoms with van der Waals surface area (Å²) in [5.74, 6) is 0.278. The molecule has 1 rings (SSSR count). The van der Waals surface area contributed by atoms with Crippen LogP contribution in [0, 0.1) is 0 Å². The first kappa shape index (κ1) is 17.3. The minimum atomic E-state index is -0.228. The molecule has 0 saturated heterocycles. The third-order valence-corrected chi connectivity index (χ3v) is 2.77. The Labute approximate surface area is 125 Å². The molecule has 0 spiro atoms. The highest BCUT2D eigenvalue weighted by atomic mass is 16.5. The summed E-state index contributed by atoms with van der Waals surface area (Å²) in [6, 6.07) is 5.19. The van der Waals surface area contributed by atoms with Crippen molar-refractivity contribution in [2.75, 3.05) is 45.8 Å². The monoisotopic (exact) mass is 296 g/mol. The van der Waals surface area contributed by atoms with Crippen LogP contribution in [0.3, 0.4) is 0 Å². The van der Waals surface area contributed by atoms with Crippen LogP contribution in [-0.4, -0.2) is 46.0 Å². The maximum Gasteiger partial charge on any atom is 0.257 e. The molecule has 3 N–H and O–H groups in total. The molecule has 0 atom stereocenters. The number of nitrogens with one attached hydrogen (secondary N) is 1. The Morgan fingerprint density at radius 1 is 1.29 bits per heavy atom. The van der Waals surface area contributed by atoms with E-state index in [9.17, 15) is 4.79 Å².